The summed E-state index contributed by atoms with van der Waals surface area (Å²) in [5, 5.41) is 19.0. The van der Waals surface area contributed by atoms with E-state index in [4.69, 9.17) is 10.8 Å². The molecule has 1 unspecified atom stereocenters. The summed E-state index contributed by atoms with van der Waals surface area (Å²) >= 11 is 0. The zero-order valence-corrected chi connectivity index (χ0v) is 10.1. The van der Waals surface area contributed by atoms with Crippen molar-refractivity contribution in [2.45, 2.75) is 19.8 Å². The number of anilines is 1. The van der Waals surface area contributed by atoms with Crippen LogP contribution >= 0.6 is 0 Å². The van der Waals surface area contributed by atoms with E-state index in [1.54, 1.807) is 6.07 Å². The lowest BCUT2D eigenvalue weighted by Gasteiger charge is -2.11. The highest BCUT2D eigenvalue weighted by Gasteiger charge is 2.07. The van der Waals surface area contributed by atoms with Crippen molar-refractivity contribution in [3.8, 4) is 0 Å². The summed E-state index contributed by atoms with van der Waals surface area (Å²) in [4.78, 5) is 21.2. The Kier molecular flexibility index (Phi) is 5.04. The molecule has 0 aliphatic heterocycles. The van der Waals surface area contributed by atoms with E-state index in [9.17, 15) is 9.59 Å². The first-order valence-corrected chi connectivity index (χ1v) is 5.58. The summed E-state index contributed by atoms with van der Waals surface area (Å²) in [5.41, 5.74) is 5.15. The maximum Gasteiger partial charge on any atom is 0.303 e. The molecule has 4 N–H and O–H groups in total. The van der Waals surface area contributed by atoms with E-state index in [0.717, 1.165) is 0 Å². The van der Waals surface area contributed by atoms with Crippen LogP contribution in [0.15, 0.2) is 12.1 Å². The first-order chi connectivity index (χ1) is 8.49. The number of aliphatic carboxylic acids is 1. The first kappa shape index (κ1) is 13.9. The number of nitrogens with two attached hydrogens (primary N) is 1. The lowest BCUT2D eigenvalue weighted by Crippen LogP contribution is -2.16. The number of aromatic nitrogens is 2. The van der Waals surface area contributed by atoms with Gasteiger partial charge in [-0.2, -0.15) is 0 Å². The number of nitrogens with one attached hydrogen (secondary N) is 1. The molecule has 0 aliphatic rings. The minimum absolute atomic E-state index is 0.111. The molecular formula is C11H16N4O3. The number of carbonyl (C=O) groups excluding carboxylic acids is 1. The number of carboxylic acid groups (broad SMARTS) is 1. The summed E-state index contributed by atoms with van der Waals surface area (Å²) in [6.07, 6.45) is 0.740. The van der Waals surface area contributed by atoms with Crippen LogP contribution in [0.25, 0.3) is 0 Å². The standard InChI is InChI=1S/C11H16N4O3/c1-7(2-5-10(16)17)6-13-9-4-3-8(11(12)18)14-15-9/h3-4,7H,2,5-6H2,1H3,(H2,12,18)(H,13,15)(H,16,17). The first-order valence-electron chi connectivity index (χ1n) is 5.58. The minimum atomic E-state index is -0.799. The molecule has 1 heterocycles. The molecule has 0 saturated heterocycles. The van der Waals surface area contributed by atoms with Gasteiger partial charge in [0.1, 0.15) is 5.82 Å². The van der Waals surface area contributed by atoms with Crippen LogP contribution in [0, 0.1) is 5.92 Å². The molecule has 0 radical (unpaired) electrons. The molecule has 1 atom stereocenters. The van der Waals surface area contributed by atoms with Crippen molar-refractivity contribution in [2.75, 3.05) is 11.9 Å². The highest BCUT2D eigenvalue weighted by Crippen LogP contribution is 2.08. The Bertz CT molecular complexity index is 419. The van der Waals surface area contributed by atoms with Crippen molar-refractivity contribution in [2.24, 2.45) is 11.7 Å². The summed E-state index contributed by atoms with van der Waals surface area (Å²) in [6, 6.07) is 3.09. The topological polar surface area (TPSA) is 118 Å². The molecular weight excluding hydrogens is 236 g/mol. The molecule has 0 aromatic carbocycles. The summed E-state index contributed by atoms with van der Waals surface area (Å²) in [7, 11) is 0. The van der Waals surface area contributed by atoms with Gasteiger partial charge in [0.25, 0.3) is 5.91 Å². The maximum atomic E-state index is 10.8. The largest absolute Gasteiger partial charge is 0.481 e. The van der Waals surface area contributed by atoms with Gasteiger partial charge in [0, 0.05) is 13.0 Å². The molecule has 0 saturated carbocycles. The van der Waals surface area contributed by atoms with Crippen LogP contribution in [0.5, 0.6) is 0 Å². The third kappa shape index (κ3) is 4.77. The van der Waals surface area contributed by atoms with Crippen molar-refractivity contribution in [1.29, 1.82) is 0 Å². The molecule has 0 aliphatic carbocycles. The van der Waals surface area contributed by atoms with E-state index in [2.05, 4.69) is 15.5 Å². The SMILES string of the molecule is CC(CCC(=O)O)CNc1ccc(C(N)=O)nn1. The molecule has 1 rings (SSSR count). The Labute approximate surface area is 104 Å². The molecule has 18 heavy (non-hydrogen) atoms. The normalized spacial score (nSPS) is 11.8. The predicted octanol–water partition coefficient (Wildman–Crippen LogP) is 0.488. The second-order valence-electron chi connectivity index (χ2n) is 4.09. The van der Waals surface area contributed by atoms with E-state index < -0.39 is 11.9 Å². The fourth-order valence-electron chi connectivity index (χ4n) is 1.31. The predicted molar refractivity (Wildman–Crippen MR) is 65.1 cm³/mol. The van der Waals surface area contributed by atoms with Crippen molar-refractivity contribution in [1.82, 2.24) is 10.2 Å². The van der Waals surface area contributed by atoms with Crippen LogP contribution in [0.1, 0.15) is 30.3 Å². The van der Waals surface area contributed by atoms with Gasteiger partial charge in [-0.15, -0.1) is 10.2 Å². The van der Waals surface area contributed by atoms with Crippen LogP contribution in [0.3, 0.4) is 0 Å². The second kappa shape index (κ2) is 6.53. The van der Waals surface area contributed by atoms with Gasteiger partial charge in [-0.3, -0.25) is 9.59 Å². The molecule has 1 aromatic heterocycles. The smallest absolute Gasteiger partial charge is 0.303 e. The number of carboxylic acids is 1. The molecule has 0 spiro atoms. The lowest BCUT2D eigenvalue weighted by molar-refractivity contribution is -0.137. The zero-order valence-electron chi connectivity index (χ0n) is 10.1. The van der Waals surface area contributed by atoms with Gasteiger partial charge in [-0.1, -0.05) is 6.92 Å². The van der Waals surface area contributed by atoms with Crippen LogP contribution in [-0.2, 0) is 4.79 Å². The molecule has 1 amide bonds. The van der Waals surface area contributed by atoms with Gasteiger partial charge in [-0.25, -0.2) is 0 Å². The Morgan fingerprint density at radius 3 is 2.67 bits per heavy atom. The van der Waals surface area contributed by atoms with Crippen molar-refractivity contribution in [3.05, 3.63) is 17.8 Å². The monoisotopic (exact) mass is 252 g/mol. The number of nitrogens with zero attached hydrogens (tertiary/aromatic N) is 2. The van der Waals surface area contributed by atoms with Crippen LogP contribution in [-0.4, -0.2) is 33.7 Å². The molecule has 0 bridgehead atoms. The zero-order chi connectivity index (χ0) is 13.5. The number of primary amides is 1. The number of hydrogen-bond acceptors (Lipinski definition) is 5. The van der Waals surface area contributed by atoms with Crippen LogP contribution in [0.2, 0.25) is 0 Å². The molecule has 7 nitrogen and oxygen atoms in total. The van der Waals surface area contributed by atoms with Gasteiger partial charge in [0.2, 0.25) is 0 Å². The third-order valence-corrected chi connectivity index (χ3v) is 2.40. The van der Waals surface area contributed by atoms with Crippen molar-refractivity contribution < 1.29 is 14.7 Å². The van der Waals surface area contributed by atoms with Gasteiger partial charge in [0.15, 0.2) is 5.69 Å². The number of rotatable bonds is 7. The third-order valence-electron chi connectivity index (χ3n) is 2.40. The Morgan fingerprint density at radius 2 is 2.17 bits per heavy atom. The number of carbonyl (C=O) groups is 2. The highest BCUT2D eigenvalue weighted by molar-refractivity contribution is 5.90. The summed E-state index contributed by atoms with van der Waals surface area (Å²) < 4.78 is 0. The van der Waals surface area contributed by atoms with E-state index in [-0.39, 0.29) is 18.0 Å². The molecule has 7 heteroatoms. The van der Waals surface area contributed by atoms with Crippen LogP contribution in [0.4, 0.5) is 5.82 Å². The minimum Gasteiger partial charge on any atom is -0.481 e. The Balaban J connectivity index is 2.39. The Morgan fingerprint density at radius 1 is 1.44 bits per heavy atom. The fraction of sp³-hybridized carbons (Fsp3) is 0.455. The van der Waals surface area contributed by atoms with Gasteiger partial charge in [0.05, 0.1) is 0 Å². The van der Waals surface area contributed by atoms with E-state index in [1.807, 2.05) is 6.92 Å². The van der Waals surface area contributed by atoms with Gasteiger partial charge in [-0.05, 0) is 24.5 Å². The average molecular weight is 252 g/mol. The average Bonchev–Trinajstić information content (AvgIpc) is 2.34. The molecule has 98 valence electrons. The maximum absolute atomic E-state index is 10.8. The van der Waals surface area contributed by atoms with Gasteiger partial charge >= 0.3 is 5.97 Å². The van der Waals surface area contributed by atoms with E-state index in [1.165, 1.54) is 6.07 Å². The molecule has 0 fully saturated rings. The lowest BCUT2D eigenvalue weighted by atomic mass is 10.1. The van der Waals surface area contributed by atoms with E-state index >= 15 is 0 Å². The second-order valence-corrected chi connectivity index (χ2v) is 4.09. The Hall–Kier alpha value is -2.18. The van der Waals surface area contributed by atoms with Crippen LogP contribution < -0.4 is 11.1 Å². The van der Waals surface area contributed by atoms with Gasteiger partial charge < -0.3 is 16.2 Å². The summed E-state index contributed by atoms with van der Waals surface area (Å²) in [5.74, 6) is -0.683. The summed E-state index contributed by atoms with van der Waals surface area (Å²) in [6.45, 7) is 2.54. The van der Waals surface area contributed by atoms with E-state index in [0.29, 0.717) is 18.8 Å². The highest BCUT2D eigenvalue weighted by atomic mass is 16.4. The fourth-order valence-corrected chi connectivity index (χ4v) is 1.31. The van der Waals surface area contributed by atoms with Crippen molar-refractivity contribution in [3.63, 3.8) is 0 Å². The number of hydrogen-bond donors (Lipinski definition) is 3. The quantitative estimate of drug-likeness (QED) is 0.649. The molecule has 1 aromatic rings. The number of amides is 1. The van der Waals surface area contributed by atoms with Crippen molar-refractivity contribution >= 4 is 17.7 Å².